The molecule has 1 saturated heterocycles. The summed E-state index contributed by atoms with van der Waals surface area (Å²) >= 11 is 12.8. The van der Waals surface area contributed by atoms with Gasteiger partial charge < -0.3 is 9.31 Å². The Bertz CT molecular complexity index is 592. The number of hydrogen-bond donors (Lipinski definition) is 0. The second-order valence-corrected chi connectivity index (χ2v) is 8.13. The lowest BCUT2D eigenvalue weighted by molar-refractivity contribution is -0.105. The van der Waals surface area contributed by atoms with E-state index >= 15 is 0 Å². The Morgan fingerprint density at radius 2 is 1.57 bits per heavy atom. The fraction of sp³-hybridized carbons (Fsp3) is 0.571. The number of thioether (sulfide) groups is 1. The molecule has 0 atom stereocenters. The molecule has 0 aromatic heterocycles. The van der Waals surface area contributed by atoms with Crippen LogP contribution in [0, 0.1) is 0 Å². The van der Waals surface area contributed by atoms with E-state index in [1.807, 2.05) is 27.7 Å². The zero-order chi connectivity index (χ0) is 17.6. The van der Waals surface area contributed by atoms with Gasteiger partial charge in [-0.3, -0.25) is 0 Å². The quantitative estimate of drug-likeness (QED) is 0.541. The van der Waals surface area contributed by atoms with Crippen LogP contribution in [-0.2, 0) is 9.31 Å². The lowest BCUT2D eigenvalue weighted by Gasteiger charge is -2.32. The van der Waals surface area contributed by atoms with Crippen LogP contribution in [0.2, 0.25) is 10.0 Å². The molecule has 0 bridgehead atoms. The number of halogens is 5. The van der Waals surface area contributed by atoms with Gasteiger partial charge in [-0.05, 0) is 39.8 Å². The van der Waals surface area contributed by atoms with Crippen molar-refractivity contribution in [1.82, 2.24) is 0 Å². The molecule has 2 rings (SSSR count). The highest BCUT2D eigenvalue weighted by Crippen LogP contribution is 2.38. The Morgan fingerprint density at radius 3 is 2.04 bits per heavy atom. The minimum atomic E-state index is -4.28. The smallest absolute Gasteiger partial charge is 0.399 e. The molecule has 0 spiro atoms. The summed E-state index contributed by atoms with van der Waals surface area (Å²) in [5.74, 6) is -1.03. The normalized spacial score (nSPS) is 20.1. The Kier molecular flexibility index (Phi) is 5.30. The van der Waals surface area contributed by atoms with Crippen molar-refractivity contribution in [3.05, 3.63) is 22.2 Å². The lowest BCUT2D eigenvalue weighted by Crippen LogP contribution is -2.41. The van der Waals surface area contributed by atoms with Gasteiger partial charge in [0.1, 0.15) is 0 Å². The van der Waals surface area contributed by atoms with Crippen LogP contribution >= 0.6 is 35.0 Å². The highest BCUT2D eigenvalue weighted by Gasteiger charge is 2.52. The van der Waals surface area contributed by atoms with Crippen LogP contribution in [0.1, 0.15) is 27.7 Å². The Labute approximate surface area is 148 Å². The predicted molar refractivity (Wildman–Crippen MR) is 89.0 cm³/mol. The van der Waals surface area contributed by atoms with Gasteiger partial charge in [0.25, 0.3) is 0 Å². The monoisotopic (exact) mass is 386 g/mol. The Hall–Kier alpha value is -0.0751. The number of rotatable bonds is 3. The van der Waals surface area contributed by atoms with E-state index in [0.717, 1.165) is 0 Å². The highest BCUT2D eigenvalue weighted by atomic mass is 35.5. The lowest BCUT2D eigenvalue weighted by atomic mass is 9.79. The largest absolute Gasteiger partial charge is 0.496 e. The van der Waals surface area contributed by atoms with Crippen LogP contribution in [0.4, 0.5) is 13.2 Å². The molecule has 1 aliphatic rings. The molecular weight excluding hydrogens is 371 g/mol. The molecule has 128 valence electrons. The maximum absolute atomic E-state index is 12.4. The molecular formula is C14H16BCl2F3O2S. The SMILES string of the molecule is CC1(C)OB(c2cc(SCC(F)(F)F)c(Cl)cc2Cl)OC1(C)C. The van der Waals surface area contributed by atoms with Gasteiger partial charge in [0.05, 0.1) is 22.0 Å². The minimum absolute atomic E-state index is 0.171. The maximum atomic E-state index is 12.4. The van der Waals surface area contributed by atoms with Gasteiger partial charge in [-0.2, -0.15) is 13.2 Å². The number of benzene rings is 1. The van der Waals surface area contributed by atoms with E-state index < -0.39 is 30.2 Å². The van der Waals surface area contributed by atoms with Gasteiger partial charge in [0.2, 0.25) is 0 Å². The molecule has 1 heterocycles. The van der Waals surface area contributed by atoms with Crippen LogP contribution in [0.3, 0.4) is 0 Å². The average molecular weight is 387 g/mol. The second kappa shape index (κ2) is 6.34. The topological polar surface area (TPSA) is 18.5 Å². The molecule has 0 radical (unpaired) electrons. The zero-order valence-electron chi connectivity index (χ0n) is 13.1. The molecule has 1 aromatic rings. The van der Waals surface area contributed by atoms with E-state index in [2.05, 4.69) is 0 Å². The Balaban J connectivity index is 2.30. The first-order valence-electron chi connectivity index (χ1n) is 6.86. The summed E-state index contributed by atoms with van der Waals surface area (Å²) in [6.45, 7) is 7.54. The first-order valence-corrected chi connectivity index (χ1v) is 8.61. The predicted octanol–water partition coefficient (Wildman–Crippen LogP) is 4.95. The van der Waals surface area contributed by atoms with Gasteiger partial charge in [-0.15, -0.1) is 11.8 Å². The summed E-state index contributed by atoms with van der Waals surface area (Å²) in [5, 5.41) is 0.467. The molecule has 0 amide bonds. The van der Waals surface area contributed by atoms with E-state index in [1.165, 1.54) is 12.1 Å². The third-order valence-corrected chi connectivity index (χ3v) is 5.82. The third-order valence-electron chi connectivity index (χ3n) is 3.95. The molecule has 0 aliphatic carbocycles. The van der Waals surface area contributed by atoms with Crippen molar-refractivity contribution in [2.75, 3.05) is 5.75 Å². The van der Waals surface area contributed by atoms with Crippen LogP contribution in [-0.4, -0.2) is 30.2 Å². The summed E-state index contributed by atoms with van der Waals surface area (Å²) in [7, 11) is -0.755. The van der Waals surface area contributed by atoms with Gasteiger partial charge in [-0.1, -0.05) is 23.2 Å². The molecule has 1 aliphatic heterocycles. The molecule has 1 fully saturated rings. The summed E-state index contributed by atoms with van der Waals surface area (Å²) < 4.78 is 49.0. The first-order chi connectivity index (χ1) is 10.3. The van der Waals surface area contributed by atoms with E-state index in [4.69, 9.17) is 32.5 Å². The van der Waals surface area contributed by atoms with E-state index in [9.17, 15) is 13.2 Å². The molecule has 0 unspecified atom stereocenters. The minimum Gasteiger partial charge on any atom is -0.399 e. The summed E-state index contributed by atoms with van der Waals surface area (Å²) in [4.78, 5) is 0.290. The summed E-state index contributed by atoms with van der Waals surface area (Å²) in [6, 6.07) is 2.92. The van der Waals surface area contributed by atoms with Crippen molar-refractivity contribution in [3.8, 4) is 0 Å². The standard InChI is InChI=1S/C14H16BCl2F3O2S/c1-12(2)13(3,4)22-15(21-12)8-5-11(10(17)6-9(8)16)23-7-14(18,19)20/h5-6H,7H2,1-4H3. The van der Waals surface area contributed by atoms with Crippen LogP contribution in [0.25, 0.3) is 0 Å². The maximum Gasteiger partial charge on any atom is 0.496 e. The van der Waals surface area contributed by atoms with Crippen molar-refractivity contribution in [2.45, 2.75) is 50.0 Å². The molecule has 2 nitrogen and oxygen atoms in total. The van der Waals surface area contributed by atoms with E-state index in [0.29, 0.717) is 22.2 Å². The van der Waals surface area contributed by atoms with Crippen molar-refractivity contribution < 1.29 is 22.5 Å². The highest BCUT2D eigenvalue weighted by molar-refractivity contribution is 7.99. The third kappa shape index (κ3) is 4.31. The van der Waals surface area contributed by atoms with Crippen LogP contribution in [0.5, 0.6) is 0 Å². The van der Waals surface area contributed by atoms with Crippen molar-refractivity contribution in [3.63, 3.8) is 0 Å². The van der Waals surface area contributed by atoms with Crippen LogP contribution < -0.4 is 5.46 Å². The van der Waals surface area contributed by atoms with Crippen LogP contribution in [0.15, 0.2) is 17.0 Å². The second-order valence-electron chi connectivity index (χ2n) is 6.30. The molecule has 0 saturated carbocycles. The zero-order valence-corrected chi connectivity index (χ0v) is 15.4. The van der Waals surface area contributed by atoms with Crippen molar-refractivity contribution in [1.29, 1.82) is 0 Å². The molecule has 1 aromatic carbocycles. The van der Waals surface area contributed by atoms with Crippen molar-refractivity contribution in [2.24, 2.45) is 0 Å². The summed E-state index contributed by atoms with van der Waals surface area (Å²) in [6.07, 6.45) is -4.28. The summed E-state index contributed by atoms with van der Waals surface area (Å²) in [5.41, 5.74) is -0.667. The van der Waals surface area contributed by atoms with E-state index in [1.54, 1.807) is 0 Å². The molecule has 0 N–H and O–H groups in total. The first kappa shape index (κ1) is 19.3. The Morgan fingerprint density at radius 1 is 1.04 bits per heavy atom. The molecule has 23 heavy (non-hydrogen) atoms. The van der Waals surface area contributed by atoms with Gasteiger partial charge in [0.15, 0.2) is 0 Å². The average Bonchev–Trinajstić information content (AvgIpc) is 2.55. The van der Waals surface area contributed by atoms with Gasteiger partial charge in [0, 0.05) is 15.4 Å². The van der Waals surface area contributed by atoms with Gasteiger partial charge >= 0.3 is 13.3 Å². The number of alkyl halides is 3. The molecule has 9 heteroatoms. The fourth-order valence-electron chi connectivity index (χ4n) is 1.97. The number of hydrogen-bond acceptors (Lipinski definition) is 3. The van der Waals surface area contributed by atoms with E-state index in [-0.39, 0.29) is 9.92 Å². The van der Waals surface area contributed by atoms with Crippen molar-refractivity contribution >= 4 is 47.5 Å². The fourth-order valence-corrected chi connectivity index (χ4v) is 3.33. The van der Waals surface area contributed by atoms with Gasteiger partial charge in [-0.25, -0.2) is 0 Å².